The number of hydrogen-bond donors (Lipinski definition) is 0. The van der Waals surface area contributed by atoms with Crippen LogP contribution in [0.3, 0.4) is 0 Å². The van der Waals surface area contributed by atoms with Gasteiger partial charge in [-0.15, -0.1) is 0 Å². The average Bonchev–Trinajstić information content (AvgIpc) is 3.19. The van der Waals surface area contributed by atoms with Crippen molar-refractivity contribution in [2.75, 3.05) is 0 Å². The molecule has 0 amide bonds. The van der Waals surface area contributed by atoms with Gasteiger partial charge in [0.2, 0.25) is 0 Å². The highest BCUT2D eigenvalue weighted by atomic mass is 14.6. The maximum atomic E-state index is 4.83. The van der Waals surface area contributed by atoms with Crippen molar-refractivity contribution < 1.29 is 0 Å². The molecule has 0 spiro atoms. The van der Waals surface area contributed by atoms with E-state index in [0.29, 0.717) is 0 Å². The molecule has 1 aromatic heterocycles. The van der Waals surface area contributed by atoms with Gasteiger partial charge in [0.25, 0.3) is 0 Å². The van der Waals surface area contributed by atoms with Crippen LogP contribution in [0.15, 0.2) is 176 Å². The fourth-order valence-corrected chi connectivity index (χ4v) is 8.74. The summed E-state index contributed by atoms with van der Waals surface area (Å²) in [4.78, 5) is 4.83. The molecule has 0 radical (unpaired) electrons. The number of benzene rings is 10. The van der Waals surface area contributed by atoms with E-state index in [9.17, 15) is 0 Å². The Bertz CT molecular complexity index is 3190. The van der Waals surface area contributed by atoms with Gasteiger partial charge >= 0.3 is 0 Å². The summed E-state index contributed by atoms with van der Waals surface area (Å²) in [5.74, 6) is 0. The van der Waals surface area contributed by atoms with Crippen LogP contribution in [0.1, 0.15) is 0 Å². The van der Waals surface area contributed by atoms with Crippen LogP contribution < -0.4 is 0 Å². The fourth-order valence-electron chi connectivity index (χ4n) is 8.74. The van der Waals surface area contributed by atoms with E-state index in [1.165, 1.54) is 92.1 Å². The summed E-state index contributed by atoms with van der Waals surface area (Å²) < 4.78 is 0. The third-order valence-electron chi connectivity index (χ3n) is 10.8. The first-order valence-corrected chi connectivity index (χ1v) is 17.3. The van der Waals surface area contributed by atoms with Gasteiger partial charge in [0.15, 0.2) is 0 Å². The summed E-state index contributed by atoms with van der Waals surface area (Å²) in [5, 5.41) is 19.2. The van der Waals surface area contributed by atoms with Crippen LogP contribution in [0.5, 0.6) is 0 Å². The van der Waals surface area contributed by atoms with E-state index < -0.39 is 0 Å². The maximum Gasteiger partial charge on any atom is 0.0780 e. The smallest absolute Gasteiger partial charge is 0.0780 e. The number of nitrogens with zero attached hydrogens (tertiary/aromatic N) is 1. The molecule has 0 aliphatic rings. The zero-order valence-corrected chi connectivity index (χ0v) is 27.2. The van der Waals surface area contributed by atoms with E-state index in [4.69, 9.17) is 4.98 Å². The molecule has 1 heterocycles. The lowest BCUT2D eigenvalue weighted by atomic mass is 9.85. The van der Waals surface area contributed by atoms with Gasteiger partial charge in [-0.25, -0.2) is 0 Å². The van der Waals surface area contributed by atoms with Crippen LogP contribution >= 0.6 is 0 Å². The Labute approximate surface area is 288 Å². The highest BCUT2D eigenvalue weighted by Gasteiger charge is 2.18. The molecule has 230 valence electrons. The molecule has 0 saturated carbocycles. The Balaban J connectivity index is 1.26. The molecule has 0 saturated heterocycles. The predicted octanol–water partition coefficient (Wildman–Crippen LogP) is 13.6. The summed E-state index contributed by atoms with van der Waals surface area (Å²) in [6, 6.07) is 62.6. The lowest BCUT2D eigenvalue weighted by molar-refractivity contribution is 1.41. The van der Waals surface area contributed by atoms with Crippen molar-refractivity contribution >= 4 is 86.3 Å². The number of para-hydroxylation sites is 1. The van der Waals surface area contributed by atoms with Gasteiger partial charge < -0.3 is 0 Å². The van der Waals surface area contributed by atoms with Crippen molar-refractivity contribution in [1.82, 2.24) is 4.98 Å². The minimum Gasteiger partial charge on any atom is -0.256 e. The summed E-state index contributed by atoms with van der Waals surface area (Å²) in [5.41, 5.74) is 5.87. The van der Waals surface area contributed by atoms with Gasteiger partial charge in [-0.2, -0.15) is 0 Å². The van der Waals surface area contributed by atoms with Gasteiger partial charge in [-0.1, -0.05) is 152 Å². The van der Waals surface area contributed by atoms with Crippen molar-refractivity contribution in [1.29, 1.82) is 0 Å². The van der Waals surface area contributed by atoms with E-state index in [1.54, 1.807) is 0 Å². The largest absolute Gasteiger partial charge is 0.256 e. The molecule has 50 heavy (non-hydrogen) atoms. The molecular formula is C49H29N. The summed E-state index contributed by atoms with van der Waals surface area (Å²) in [6.45, 7) is 0. The molecule has 0 aliphatic heterocycles. The van der Waals surface area contributed by atoms with Crippen molar-refractivity contribution in [3.05, 3.63) is 176 Å². The van der Waals surface area contributed by atoms with Crippen molar-refractivity contribution in [2.24, 2.45) is 0 Å². The van der Waals surface area contributed by atoms with E-state index in [-0.39, 0.29) is 0 Å². The minimum atomic E-state index is 1.03. The molecule has 0 unspecified atom stereocenters. The molecule has 1 nitrogen and oxygen atoms in total. The summed E-state index contributed by atoms with van der Waals surface area (Å²) >= 11 is 0. The second-order valence-corrected chi connectivity index (χ2v) is 13.4. The SMILES string of the molecule is c1cnc2c(-c3cc4cccc(-c5ccc6c7ccccc7c7c8ccccc8c8ccccc8c7c6c5)c4c4ccccc34)cccc2c1. The van der Waals surface area contributed by atoms with Gasteiger partial charge in [-0.3, -0.25) is 4.98 Å². The van der Waals surface area contributed by atoms with E-state index in [1.807, 2.05) is 12.3 Å². The summed E-state index contributed by atoms with van der Waals surface area (Å²) in [6.07, 6.45) is 1.89. The Morgan fingerprint density at radius 3 is 1.44 bits per heavy atom. The van der Waals surface area contributed by atoms with Gasteiger partial charge in [-0.05, 0) is 110 Å². The monoisotopic (exact) mass is 631 g/mol. The van der Waals surface area contributed by atoms with Gasteiger partial charge in [0.1, 0.15) is 0 Å². The fraction of sp³-hybridized carbons (Fsp3) is 0. The first kappa shape index (κ1) is 27.4. The highest BCUT2D eigenvalue weighted by Crippen LogP contribution is 2.46. The van der Waals surface area contributed by atoms with Crippen LogP contribution in [0.4, 0.5) is 0 Å². The molecule has 0 fully saturated rings. The molecular weight excluding hydrogens is 603 g/mol. The Morgan fingerprint density at radius 2 is 0.780 bits per heavy atom. The number of fused-ring (bicyclic) bond motifs is 15. The number of hydrogen-bond acceptors (Lipinski definition) is 1. The second kappa shape index (κ2) is 10.5. The van der Waals surface area contributed by atoms with E-state index in [0.717, 1.165) is 16.5 Å². The highest BCUT2D eigenvalue weighted by molar-refractivity contribution is 6.39. The third kappa shape index (κ3) is 3.80. The molecule has 11 rings (SSSR count). The number of aromatic nitrogens is 1. The molecule has 0 atom stereocenters. The van der Waals surface area contributed by atoms with Crippen LogP contribution in [0.2, 0.25) is 0 Å². The average molecular weight is 632 g/mol. The molecule has 1 heteroatoms. The lowest BCUT2D eigenvalue weighted by Crippen LogP contribution is -1.91. The van der Waals surface area contributed by atoms with Crippen LogP contribution in [-0.2, 0) is 0 Å². The van der Waals surface area contributed by atoms with Crippen molar-refractivity contribution in [2.45, 2.75) is 0 Å². The molecule has 10 aromatic carbocycles. The number of rotatable bonds is 2. The van der Waals surface area contributed by atoms with Crippen LogP contribution in [-0.4, -0.2) is 4.98 Å². The summed E-state index contributed by atoms with van der Waals surface area (Å²) in [7, 11) is 0. The van der Waals surface area contributed by atoms with Crippen LogP contribution in [0, 0.1) is 0 Å². The zero-order valence-electron chi connectivity index (χ0n) is 27.2. The standard InChI is InChI=1S/C49H29N/c1-6-20-40-34(15-1)35-16-2-8-22-42(35)48-45-28-31(25-26-38(45)36-17-3-7-21-41(36)47(40)48)33-23-10-13-32-29-44(37-18-4-5-19-39(37)46(32)33)43-24-9-12-30-14-11-27-50-49(30)43/h1-29H. The quantitative estimate of drug-likeness (QED) is 0.173. The molecule has 0 bridgehead atoms. The molecule has 0 aliphatic carbocycles. The first-order valence-electron chi connectivity index (χ1n) is 17.3. The Kier molecular flexibility index (Phi) is 5.73. The number of pyridine rings is 1. The van der Waals surface area contributed by atoms with Crippen LogP contribution in [0.25, 0.3) is 109 Å². The maximum absolute atomic E-state index is 4.83. The van der Waals surface area contributed by atoms with E-state index in [2.05, 4.69) is 164 Å². The normalized spacial score (nSPS) is 12.0. The molecule has 11 aromatic rings. The van der Waals surface area contributed by atoms with E-state index >= 15 is 0 Å². The van der Waals surface area contributed by atoms with Crippen molar-refractivity contribution in [3.63, 3.8) is 0 Å². The third-order valence-corrected chi connectivity index (χ3v) is 10.8. The Hall–Kier alpha value is -6.57. The first-order chi connectivity index (χ1) is 24.8. The minimum absolute atomic E-state index is 1.03. The zero-order chi connectivity index (χ0) is 32.8. The Morgan fingerprint density at radius 1 is 0.280 bits per heavy atom. The predicted molar refractivity (Wildman–Crippen MR) is 215 cm³/mol. The van der Waals surface area contributed by atoms with Gasteiger partial charge in [0, 0.05) is 17.1 Å². The topological polar surface area (TPSA) is 12.9 Å². The van der Waals surface area contributed by atoms with Crippen molar-refractivity contribution in [3.8, 4) is 22.3 Å². The lowest BCUT2D eigenvalue weighted by Gasteiger charge is -2.18. The second-order valence-electron chi connectivity index (χ2n) is 13.4. The molecule has 0 N–H and O–H groups in total. The van der Waals surface area contributed by atoms with Gasteiger partial charge in [0.05, 0.1) is 5.52 Å².